The van der Waals surface area contributed by atoms with E-state index in [4.69, 9.17) is 0 Å². The van der Waals surface area contributed by atoms with Crippen molar-refractivity contribution in [1.29, 1.82) is 0 Å². The Morgan fingerprint density at radius 2 is 1.86 bits per heavy atom. The molecule has 1 unspecified atom stereocenters. The van der Waals surface area contributed by atoms with Gasteiger partial charge in [0.2, 0.25) is 0 Å². The second-order valence-corrected chi connectivity index (χ2v) is 7.63. The minimum absolute atomic E-state index is 0.0831. The predicted molar refractivity (Wildman–Crippen MR) is 84.4 cm³/mol. The largest absolute Gasteiger partial charge is 0.331 e. The van der Waals surface area contributed by atoms with Gasteiger partial charge in [0.15, 0.2) is 9.84 Å². The highest BCUT2D eigenvalue weighted by Gasteiger charge is 2.11. The molecule has 2 rings (SSSR count). The monoisotopic (exact) mass is 324 g/mol. The molecule has 2 N–H and O–H groups in total. The summed E-state index contributed by atoms with van der Waals surface area (Å²) in [4.78, 5) is 13.2. The van der Waals surface area contributed by atoms with E-state index in [0.717, 1.165) is 11.1 Å². The maximum absolute atomic E-state index is 11.9. The first-order valence-electron chi connectivity index (χ1n) is 6.27. The minimum atomic E-state index is -3.22. The van der Waals surface area contributed by atoms with Crippen LogP contribution in [-0.2, 0) is 9.84 Å². The molecule has 0 aliphatic heterocycles. The molecule has 0 aliphatic rings. The van der Waals surface area contributed by atoms with Gasteiger partial charge in [-0.05, 0) is 42.6 Å². The molecule has 1 heterocycles. The van der Waals surface area contributed by atoms with Crippen molar-refractivity contribution in [2.24, 2.45) is 0 Å². The zero-order valence-corrected chi connectivity index (χ0v) is 13.3. The first kappa shape index (κ1) is 15.5. The Morgan fingerprint density at radius 1 is 1.19 bits per heavy atom. The Labute approximate surface area is 127 Å². The van der Waals surface area contributed by atoms with E-state index in [1.54, 1.807) is 23.5 Å². The van der Waals surface area contributed by atoms with Crippen molar-refractivity contribution in [1.82, 2.24) is 5.32 Å². The molecule has 1 aromatic carbocycles. The van der Waals surface area contributed by atoms with E-state index in [9.17, 15) is 13.2 Å². The standard InChI is InChI=1S/C14H16N2O3S2/c1-10(13-4-3-9-20-13)15-14(17)16-11-5-7-12(8-6-11)21(2,18)19/h3-10H,1-2H3,(H2,15,16,17). The molecule has 7 heteroatoms. The van der Waals surface area contributed by atoms with Crippen LogP contribution in [0.1, 0.15) is 17.8 Å². The molecule has 0 saturated heterocycles. The minimum Gasteiger partial charge on any atom is -0.331 e. The van der Waals surface area contributed by atoms with Crippen LogP contribution in [0.5, 0.6) is 0 Å². The van der Waals surface area contributed by atoms with Crippen LogP contribution < -0.4 is 10.6 Å². The van der Waals surface area contributed by atoms with E-state index < -0.39 is 9.84 Å². The SMILES string of the molecule is CC(NC(=O)Nc1ccc(S(C)(=O)=O)cc1)c1cccs1. The van der Waals surface area contributed by atoms with Gasteiger partial charge in [-0.25, -0.2) is 13.2 Å². The number of benzene rings is 1. The summed E-state index contributed by atoms with van der Waals surface area (Å²) < 4.78 is 22.7. The van der Waals surface area contributed by atoms with Crippen molar-refractivity contribution in [2.45, 2.75) is 17.9 Å². The number of anilines is 1. The summed E-state index contributed by atoms with van der Waals surface area (Å²) in [6, 6.07) is 9.53. The second-order valence-electron chi connectivity index (χ2n) is 4.63. The number of nitrogens with one attached hydrogen (secondary N) is 2. The molecule has 0 fully saturated rings. The zero-order chi connectivity index (χ0) is 15.5. The Morgan fingerprint density at radius 3 is 2.38 bits per heavy atom. The molecule has 1 atom stereocenters. The molecule has 0 radical (unpaired) electrons. The van der Waals surface area contributed by atoms with Gasteiger partial charge in [0.05, 0.1) is 10.9 Å². The molecule has 112 valence electrons. The molecule has 0 bridgehead atoms. The first-order chi connectivity index (χ1) is 9.86. The molecule has 1 aromatic heterocycles. The molecule has 2 aromatic rings. The summed E-state index contributed by atoms with van der Waals surface area (Å²) in [6.07, 6.45) is 1.14. The fraction of sp³-hybridized carbons (Fsp3) is 0.214. The Kier molecular flexibility index (Phi) is 4.64. The number of amides is 2. The predicted octanol–water partition coefficient (Wildman–Crippen LogP) is 3.03. The van der Waals surface area contributed by atoms with Gasteiger partial charge in [0.1, 0.15) is 0 Å². The summed E-state index contributed by atoms with van der Waals surface area (Å²) in [5.41, 5.74) is 0.540. The van der Waals surface area contributed by atoms with Gasteiger partial charge in [-0.3, -0.25) is 0 Å². The van der Waals surface area contributed by atoms with Gasteiger partial charge in [0, 0.05) is 16.8 Å². The number of rotatable bonds is 4. The number of carbonyl (C=O) groups excluding carboxylic acids is 1. The van der Waals surface area contributed by atoms with Crippen LogP contribution in [0.25, 0.3) is 0 Å². The number of sulfone groups is 1. The molecule has 21 heavy (non-hydrogen) atoms. The number of urea groups is 1. The van der Waals surface area contributed by atoms with Crippen LogP contribution >= 0.6 is 11.3 Å². The zero-order valence-electron chi connectivity index (χ0n) is 11.7. The van der Waals surface area contributed by atoms with Gasteiger partial charge in [-0.15, -0.1) is 11.3 Å². The first-order valence-corrected chi connectivity index (χ1v) is 9.04. The molecular formula is C14H16N2O3S2. The van der Waals surface area contributed by atoms with Crippen LogP contribution in [0.3, 0.4) is 0 Å². The molecule has 0 aliphatic carbocycles. The lowest BCUT2D eigenvalue weighted by atomic mass is 10.3. The number of thiophene rings is 1. The maximum Gasteiger partial charge on any atom is 0.319 e. The third-order valence-corrected chi connectivity index (χ3v) is 5.04. The number of hydrogen-bond acceptors (Lipinski definition) is 4. The lowest BCUT2D eigenvalue weighted by Crippen LogP contribution is -2.30. The highest BCUT2D eigenvalue weighted by atomic mass is 32.2. The van der Waals surface area contributed by atoms with Crippen LogP contribution in [0.15, 0.2) is 46.7 Å². The van der Waals surface area contributed by atoms with Gasteiger partial charge in [-0.2, -0.15) is 0 Å². The molecule has 0 spiro atoms. The number of hydrogen-bond donors (Lipinski definition) is 2. The van der Waals surface area contributed by atoms with Crippen molar-refractivity contribution in [3.8, 4) is 0 Å². The Bertz CT molecular complexity index is 707. The van der Waals surface area contributed by atoms with Crippen LogP contribution in [-0.4, -0.2) is 20.7 Å². The summed E-state index contributed by atoms with van der Waals surface area (Å²) in [6.45, 7) is 1.90. The van der Waals surface area contributed by atoms with Crippen molar-refractivity contribution in [2.75, 3.05) is 11.6 Å². The second kappa shape index (κ2) is 6.28. The Balaban J connectivity index is 1.97. The van der Waals surface area contributed by atoms with Crippen molar-refractivity contribution < 1.29 is 13.2 Å². The highest BCUT2D eigenvalue weighted by Crippen LogP contribution is 2.18. The van der Waals surface area contributed by atoms with E-state index in [-0.39, 0.29) is 17.0 Å². The fourth-order valence-corrected chi connectivity index (χ4v) is 3.12. The fourth-order valence-electron chi connectivity index (χ4n) is 1.76. The maximum atomic E-state index is 11.9. The quantitative estimate of drug-likeness (QED) is 0.907. The van der Waals surface area contributed by atoms with E-state index >= 15 is 0 Å². The topological polar surface area (TPSA) is 75.3 Å². The van der Waals surface area contributed by atoms with E-state index in [1.807, 2.05) is 24.4 Å². The van der Waals surface area contributed by atoms with Crippen LogP contribution in [0.4, 0.5) is 10.5 Å². The highest BCUT2D eigenvalue weighted by molar-refractivity contribution is 7.90. The van der Waals surface area contributed by atoms with Crippen LogP contribution in [0, 0.1) is 0 Å². The van der Waals surface area contributed by atoms with Crippen molar-refractivity contribution >= 4 is 32.9 Å². The third-order valence-electron chi connectivity index (χ3n) is 2.86. The smallest absolute Gasteiger partial charge is 0.319 e. The average Bonchev–Trinajstić information content (AvgIpc) is 2.92. The summed E-state index contributed by atoms with van der Waals surface area (Å²) in [7, 11) is -3.22. The van der Waals surface area contributed by atoms with Gasteiger partial charge < -0.3 is 10.6 Å². The summed E-state index contributed by atoms with van der Waals surface area (Å²) in [5.74, 6) is 0. The number of carbonyl (C=O) groups is 1. The van der Waals surface area contributed by atoms with E-state index in [1.165, 1.54) is 12.1 Å². The molecular weight excluding hydrogens is 308 g/mol. The van der Waals surface area contributed by atoms with Crippen molar-refractivity contribution in [3.05, 3.63) is 46.7 Å². The van der Waals surface area contributed by atoms with Gasteiger partial charge in [-0.1, -0.05) is 6.07 Å². The van der Waals surface area contributed by atoms with Crippen LogP contribution in [0.2, 0.25) is 0 Å². The van der Waals surface area contributed by atoms with E-state index in [0.29, 0.717) is 5.69 Å². The lowest BCUT2D eigenvalue weighted by molar-refractivity contribution is 0.249. The molecule has 0 saturated carbocycles. The molecule has 5 nitrogen and oxygen atoms in total. The van der Waals surface area contributed by atoms with Crippen molar-refractivity contribution in [3.63, 3.8) is 0 Å². The van der Waals surface area contributed by atoms with Gasteiger partial charge in [0.25, 0.3) is 0 Å². The average molecular weight is 324 g/mol. The summed E-state index contributed by atoms with van der Waals surface area (Å²) >= 11 is 1.57. The van der Waals surface area contributed by atoms with E-state index in [2.05, 4.69) is 10.6 Å². The van der Waals surface area contributed by atoms with Gasteiger partial charge >= 0.3 is 6.03 Å². The third kappa shape index (κ3) is 4.30. The normalized spacial score (nSPS) is 12.7. The Hall–Kier alpha value is -1.86. The summed E-state index contributed by atoms with van der Waals surface area (Å²) in [5, 5.41) is 7.44. The molecule has 2 amide bonds. The lowest BCUT2D eigenvalue weighted by Gasteiger charge is -2.13.